The van der Waals surface area contributed by atoms with Gasteiger partial charge in [-0.3, -0.25) is 0 Å². The minimum atomic E-state index is -0.150. The number of unbranched alkanes of at least 4 members (excludes halogenated alkanes) is 1. The van der Waals surface area contributed by atoms with Gasteiger partial charge < -0.3 is 15.2 Å². The first-order chi connectivity index (χ1) is 6.81. The molecule has 86 valence electrons. The lowest BCUT2D eigenvalue weighted by Gasteiger charge is -2.08. The van der Waals surface area contributed by atoms with Crippen molar-refractivity contribution in [2.75, 3.05) is 26.3 Å². The van der Waals surface area contributed by atoms with Gasteiger partial charge in [-0.25, -0.2) is 0 Å². The van der Waals surface area contributed by atoms with Gasteiger partial charge in [-0.1, -0.05) is 20.3 Å². The molecule has 0 saturated heterocycles. The van der Waals surface area contributed by atoms with Gasteiger partial charge in [-0.2, -0.15) is 0 Å². The fraction of sp³-hybridized carbons (Fsp3) is 1.00. The van der Waals surface area contributed by atoms with Crippen LogP contribution in [-0.4, -0.2) is 37.5 Å². The third kappa shape index (κ3) is 9.96. The van der Waals surface area contributed by atoms with Crippen molar-refractivity contribution in [3.63, 3.8) is 0 Å². The highest BCUT2D eigenvalue weighted by Crippen LogP contribution is 1.93. The molecule has 2 N–H and O–H groups in total. The Morgan fingerprint density at radius 2 is 2.00 bits per heavy atom. The van der Waals surface area contributed by atoms with Gasteiger partial charge in [0.25, 0.3) is 0 Å². The molecule has 0 aromatic carbocycles. The van der Waals surface area contributed by atoms with Crippen LogP contribution in [0.15, 0.2) is 0 Å². The van der Waals surface area contributed by atoms with Crippen LogP contribution in [0.4, 0.5) is 0 Å². The number of rotatable bonds is 10. The molecule has 0 aliphatic rings. The highest BCUT2D eigenvalue weighted by Gasteiger charge is 1.98. The van der Waals surface area contributed by atoms with Gasteiger partial charge in [0.1, 0.15) is 0 Å². The molecule has 1 unspecified atom stereocenters. The van der Waals surface area contributed by atoms with Crippen molar-refractivity contribution in [2.45, 2.75) is 45.6 Å². The van der Waals surface area contributed by atoms with E-state index in [-0.39, 0.29) is 6.10 Å². The smallest absolute Gasteiger partial charge is 0.0590 e. The third-order valence-electron chi connectivity index (χ3n) is 2.19. The SMILES string of the molecule is CCCCOCCNCCC(O)CC. The van der Waals surface area contributed by atoms with Gasteiger partial charge in [-0.15, -0.1) is 0 Å². The Balaban J connectivity index is 2.92. The highest BCUT2D eigenvalue weighted by molar-refractivity contribution is 4.55. The molecule has 0 fully saturated rings. The van der Waals surface area contributed by atoms with Crippen molar-refractivity contribution in [3.05, 3.63) is 0 Å². The summed E-state index contributed by atoms with van der Waals surface area (Å²) in [6, 6.07) is 0. The van der Waals surface area contributed by atoms with E-state index < -0.39 is 0 Å². The second-order valence-electron chi connectivity index (χ2n) is 3.57. The molecule has 0 heterocycles. The van der Waals surface area contributed by atoms with Crippen LogP contribution in [0, 0.1) is 0 Å². The van der Waals surface area contributed by atoms with E-state index in [1.807, 2.05) is 6.92 Å². The molecular formula is C11H25NO2. The van der Waals surface area contributed by atoms with E-state index in [1.165, 1.54) is 6.42 Å². The van der Waals surface area contributed by atoms with Crippen molar-refractivity contribution in [1.82, 2.24) is 5.32 Å². The zero-order chi connectivity index (χ0) is 10.6. The van der Waals surface area contributed by atoms with Gasteiger partial charge >= 0.3 is 0 Å². The van der Waals surface area contributed by atoms with E-state index in [0.29, 0.717) is 0 Å². The van der Waals surface area contributed by atoms with Crippen LogP contribution in [-0.2, 0) is 4.74 Å². The van der Waals surface area contributed by atoms with Crippen LogP contribution in [0.25, 0.3) is 0 Å². The fourth-order valence-electron chi connectivity index (χ4n) is 1.09. The molecule has 14 heavy (non-hydrogen) atoms. The second kappa shape index (κ2) is 11.0. The summed E-state index contributed by atoms with van der Waals surface area (Å²) in [7, 11) is 0. The quantitative estimate of drug-likeness (QED) is 0.529. The number of aliphatic hydroxyl groups is 1. The summed E-state index contributed by atoms with van der Waals surface area (Å²) in [6.07, 6.45) is 3.87. The molecule has 0 aliphatic carbocycles. The number of hydrogen-bond donors (Lipinski definition) is 2. The summed E-state index contributed by atoms with van der Waals surface area (Å²) in [5.74, 6) is 0. The zero-order valence-corrected chi connectivity index (χ0v) is 9.59. The van der Waals surface area contributed by atoms with Gasteiger partial charge in [0, 0.05) is 13.2 Å². The van der Waals surface area contributed by atoms with E-state index in [2.05, 4.69) is 12.2 Å². The molecule has 0 aromatic rings. The molecule has 3 nitrogen and oxygen atoms in total. The molecule has 3 heteroatoms. The van der Waals surface area contributed by atoms with Crippen LogP contribution in [0.2, 0.25) is 0 Å². The van der Waals surface area contributed by atoms with Gasteiger partial charge in [0.05, 0.1) is 12.7 Å². The number of aliphatic hydroxyl groups excluding tert-OH is 1. The summed E-state index contributed by atoms with van der Waals surface area (Å²) in [5, 5.41) is 12.5. The van der Waals surface area contributed by atoms with Crippen LogP contribution >= 0.6 is 0 Å². The van der Waals surface area contributed by atoms with E-state index in [4.69, 9.17) is 4.74 Å². The molecular weight excluding hydrogens is 178 g/mol. The lowest BCUT2D eigenvalue weighted by Crippen LogP contribution is -2.24. The Bertz CT molecular complexity index is 109. The van der Waals surface area contributed by atoms with Gasteiger partial charge in [-0.05, 0) is 25.8 Å². The average molecular weight is 203 g/mol. The maximum atomic E-state index is 9.26. The predicted molar refractivity (Wildman–Crippen MR) is 59.5 cm³/mol. The number of nitrogens with one attached hydrogen (secondary N) is 1. The lowest BCUT2D eigenvalue weighted by molar-refractivity contribution is 0.129. The van der Waals surface area contributed by atoms with Crippen LogP contribution in [0.5, 0.6) is 0 Å². The fourth-order valence-corrected chi connectivity index (χ4v) is 1.09. The number of ether oxygens (including phenoxy) is 1. The Labute approximate surface area is 87.8 Å². The van der Waals surface area contributed by atoms with Crippen LogP contribution < -0.4 is 5.32 Å². The monoisotopic (exact) mass is 203 g/mol. The lowest BCUT2D eigenvalue weighted by atomic mass is 10.2. The van der Waals surface area contributed by atoms with Gasteiger partial charge in [0.15, 0.2) is 0 Å². The van der Waals surface area contributed by atoms with Crippen molar-refractivity contribution in [3.8, 4) is 0 Å². The predicted octanol–water partition coefficient (Wildman–Crippen LogP) is 1.55. The summed E-state index contributed by atoms with van der Waals surface area (Å²) in [6.45, 7) is 7.58. The minimum Gasteiger partial charge on any atom is -0.393 e. The van der Waals surface area contributed by atoms with E-state index in [9.17, 15) is 5.11 Å². The van der Waals surface area contributed by atoms with E-state index in [1.54, 1.807) is 0 Å². The van der Waals surface area contributed by atoms with Crippen molar-refractivity contribution >= 4 is 0 Å². The summed E-state index contributed by atoms with van der Waals surface area (Å²) < 4.78 is 5.38. The molecule has 0 radical (unpaired) electrons. The molecule has 0 aliphatic heterocycles. The zero-order valence-electron chi connectivity index (χ0n) is 9.59. The average Bonchev–Trinajstić information content (AvgIpc) is 2.21. The maximum absolute atomic E-state index is 9.26. The van der Waals surface area contributed by atoms with Crippen LogP contribution in [0.1, 0.15) is 39.5 Å². The third-order valence-corrected chi connectivity index (χ3v) is 2.19. The highest BCUT2D eigenvalue weighted by atomic mass is 16.5. The standard InChI is InChI=1S/C11H25NO2/c1-3-5-9-14-10-8-12-7-6-11(13)4-2/h11-13H,3-10H2,1-2H3. The summed E-state index contributed by atoms with van der Waals surface area (Å²) >= 11 is 0. The molecule has 0 spiro atoms. The molecule has 1 atom stereocenters. The van der Waals surface area contributed by atoms with Crippen LogP contribution in [0.3, 0.4) is 0 Å². The van der Waals surface area contributed by atoms with Crippen molar-refractivity contribution < 1.29 is 9.84 Å². The molecule has 0 amide bonds. The Morgan fingerprint density at radius 1 is 1.21 bits per heavy atom. The van der Waals surface area contributed by atoms with Crippen molar-refractivity contribution in [1.29, 1.82) is 0 Å². The largest absolute Gasteiger partial charge is 0.393 e. The van der Waals surface area contributed by atoms with Gasteiger partial charge in [0.2, 0.25) is 0 Å². The topological polar surface area (TPSA) is 41.5 Å². The molecule has 0 rings (SSSR count). The van der Waals surface area contributed by atoms with Crippen molar-refractivity contribution in [2.24, 2.45) is 0 Å². The second-order valence-corrected chi connectivity index (χ2v) is 3.57. The van der Waals surface area contributed by atoms with E-state index in [0.717, 1.165) is 45.6 Å². The first-order valence-corrected chi connectivity index (χ1v) is 5.77. The summed E-state index contributed by atoms with van der Waals surface area (Å²) in [5.41, 5.74) is 0. The first kappa shape index (κ1) is 13.9. The Hall–Kier alpha value is -0.120. The molecule has 0 saturated carbocycles. The number of hydrogen-bond acceptors (Lipinski definition) is 3. The summed E-state index contributed by atoms with van der Waals surface area (Å²) in [4.78, 5) is 0. The molecule has 0 aromatic heterocycles. The van der Waals surface area contributed by atoms with E-state index >= 15 is 0 Å². The molecule has 0 bridgehead atoms. The minimum absolute atomic E-state index is 0.150. The Morgan fingerprint density at radius 3 is 2.64 bits per heavy atom. The Kier molecular flexibility index (Phi) is 10.9. The normalized spacial score (nSPS) is 13.1. The first-order valence-electron chi connectivity index (χ1n) is 5.77. The maximum Gasteiger partial charge on any atom is 0.0590 e.